The van der Waals surface area contributed by atoms with Crippen molar-refractivity contribution < 1.29 is 14.7 Å². The van der Waals surface area contributed by atoms with Crippen LogP contribution in [0.15, 0.2) is 6.20 Å². The van der Waals surface area contributed by atoms with Crippen molar-refractivity contribution in [3.05, 3.63) is 11.9 Å². The third kappa shape index (κ3) is 3.93. The van der Waals surface area contributed by atoms with E-state index in [4.69, 9.17) is 5.11 Å². The van der Waals surface area contributed by atoms with Crippen LogP contribution < -0.4 is 5.32 Å². The molecule has 1 aromatic heterocycles. The number of nitrogens with zero attached hydrogens (tertiary/aromatic N) is 2. The first kappa shape index (κ1) is 12.6. The van der Waals surface area contributed by atoms with E-state index in [0.29, 0.717) is 25.1 Å². The fourth-order valence-corrected chi connectivity index (χ4v) is 1.50. The van der Waals surface area contributed by atoms with E-state index >= 15 is 0 Å². The van der Waals surface area contributed by atoms with Crippen LogP contribution in [0, 0.1) is 5.92 Å². The average molecular weight is 243 g/mol. The van der Waals surface area contributed by atoms with Gasteiger partial charge in [0, 0.05) is 6.54 Å². The first-order valence-electron chi connectivity index (χ1n) is 4.90. The average Bonchev–Trinajstić information content (AvgIpc) is 2.76. The molecular weight excluding hydrogens is 230 g/mol. The number of carboxylic acids is 1. The minimum absolute atomic E-state index is 0.267. The molecule has 1 rings (SSSR count). The van der Waals surface area contributed by atoms with Gasteiger partial charge in [-0.3, -0.25) is 9.59 Å². The zero-order valence-corrected chi connectivity index (χ0v) is 9.66. The van der Waals surface area contributed by atoms with Gasteiger partial charge in [0.2, 0.25) is 0 Å². The molecule has 0 fully saturated rings. The van der Waals surface area contributed by atoms with Crippen molar-refractivity contribution in [2.75, 3.05) is 6.54 Å². The lowest BCUT2D eigenvalue weighted by Gasteiger charge is -2.06. The molecule has 1 aromatic rings. The number of carboxylic acid groups (broad SMARTS) is 1. The summed E-state index contributed by atoms with van der Waals surface area (Å²) in [5.74, 6) is -1.45. The van der Waals surface area contributed by atoms with Gasteiger partial charge in [0.25, 0.3) is 5.91 Å². The summed E-state index contributed by atoms with van der Waals surface area (Å²) < 4.78 is 7.50. The highest BCUT2D eigenvalue weighted by atomic mass is 32.1. The molecule has 0 aromatic carbocycles. The lowest BCUT2D eigenvalue weighted by molar-refractivity contribution is -0.141. The number of amides is 1. The van der Waals surface area contributed by atoms with Crippen molar-refractivity contribution in [3.63, 3.8) is 0 Å². The minimum atomic E-state index is -0.810. The Morgan fingerprint density at radius 3 is 2.94 bits per heavy atom. The molecule has 0 bridgehead atoms. The smallest absolute Gasteiger partial charge is 0.306 e. The number of hydrogen-bond acceptors (Lipinski definition) is 5. The summed E-state index contributed by atoms with van der Waals surface area (Å²) in [7, 11) is 0. The number of rotatable bonds is 6. The van der Waals surface area contributed by atoms with Crippen LogP contribution in [0.3, 0.4) is 0 Å². The predicted molar refractivity (Wildman–Crippen MR) is 58.3 cm³/mol. The van der Waals surface area contributed by atoms with Crippen molar-refractivity contribution in [1.29, 1.82) is 0 Å². The van der Waals surface area contributed by atoms with E-state index in [1.165, 1.54) is 6.20 Å². The van der Waals surface area contributed by atoms with Crippen molar-refractivity contribution >= 4 is 23.6 Å². The first-order valence-corrected chi connectivity index (χ1v) is 5.63. The maximum Gasteiger partial charge on any atom is 0.306 e. The largest absolute Gasteiger partial charge is 0.481 e. The second-order valence-corrected chi connectivity index (χ2v) is 3.99. The van der Waals surface area contributed by atoms with E-state index in [1.54, 1.807) is 6.92 Å². The van der Waals surface area contributed by atoms with Gasteiger partial charge in [-0.15, -0.1) is 0 Å². The predicted octanol–water partition coefficient (Wildman–Crippen LogP) is 0.769. The molecule has 88 valence electrons. The molecule has 0 spiro atoms. The number of aromatic nitrogens is 2. The zero-order chi connectivity index (χ0) is 12.0. The van der Waals surface area contributed by atoms with E-state index < -0.39 is 5.97 Å². The molecule has 0 saturated heterocycles. The minimum Gasteiger partial charge on any atom is -0.481 e. The van der Waals surface area contributed by atoms with Gasteiger partial charge in [-0.05, 0) is 12.8 Å². The van der Waals surface area contributed by atoms with Gasteiger partial charge in [0.1, 0.15) is 0 Å². The molecule has 16 heavy (non-hydrogen) atoms. The second kappa shape index (κ2) is 6.16. The summed E-state index contributed by atoms with van der Waals surface area (Å²) in [5, 5.41) is 11.3. The van der Waals surface area contributed by atoms with Crippen LogP contribution in [0.5, 0.6) is 0 Å². The molecule has 1 unspecified atom stereocenters. The highest BCUT2D eigenvalue weighted by Crippen LogP contribution is 2.04. The van der Waals surface area contributed by atoms with Crippen molar-refractivity contribution in [3.8, 4) is 0 Å². The van der Waals surface area contributed by atoms with E-state index in [1.807, 2.05) is 0 Å². The normalized spacial score (nSPS) is 12.1. The Labute approximate surface area is 97.0 Å². The summed E-state index contributed by atoms with van der Waals surface area (Å²) >= 11 is 0.977. The van der Waals surface area contributed by atoms with Crippen molar-refractivity contribution in [1.82, 2.24) is 14.1 Å². The fraction of sp³-hybridized carbons (Fsp3) is 0.556. The lowest BCUT2D eigenvalue weighted by atomic mass is 10.1. The molecular formula is C9H13N3O3S. The molecule has 1 atom stereocenters. The van der Waals surface area contributed by atoms with Gasteiger partial charge in [-0.25, -0.2) is 0 Å². The highest BCUT2D eigenvalue weighted by molar-refractivity contribution is 6.99. The van der Waals surface area contributed by atoms with Crippen LogP contribution in [-0.4, -0.2) is 32.3 Å². The Morgan fingerprint density at radius 1 is 1.62 bits per heavy atom. The topological polar surface area (TPSA) is 92.2 Å². The molecule has 0 radical (unpaired) electrons. The summed E-state index contributed by atoms with van der Waals surface area (Å²) in [6, 6.07) is 0. The fourth-order valence-electron chi connectivity index (χ4n) is 1.09. The number of aliphatic carboxylic acids is 1. The van der Waals surface area contributed by atoms with Crippen LogP contribution in [-0.2, 0) is 4.79 Å². The number of nitrogens with one attached hydrogen (secondary N) is 1. The maximum atomic E-state index is 11.4. The highest BCUT2D eigenvalue weighted by Gasteiger charge is 2.11. The molecule has 7 heteroatoms. The maximum absolute atomic E-state index is 11.4. The summed E-state index contributed by atoms with van der Waals surface area (Å²) in [4.78, 5) is 21.9. The summed E-state index contributed by atoms with van der Waals surface area (Å²) in [6.07, 6.45) is 2.58. The Balaban J connectivity index is 2.17. The monoisotopic (exact) mass is 243 g/mol. The quantitative estimate of drug-likeness (QED) is 0.720. The van der Waals surface area contributed by atoms with Crippen molar-refractivity contribution in [2.45, 2.75) is 19.8 Å². The van der Waals surface area contributed by atoms with Gasteiger partial charge in [0.15, 0.2) is 5.69 Å². The summed E-state index contributed by atoms with van der Waals surface area (Å²) in [6.45, 7) is 2.10. The van der Waals surface area contributed by atoms with Gasteiger partial charge < -0.3 is 10.4 Å². The van der Waals surface area contributed by atoms with Gasteiger partial charge in [0.05, 0.1) is 23.8 Å². The van der Waals surface area contributed by atoms with Crippen LogP contribution in [0.1, 0.15) is 30.3 Å². The van der Waals surface area contributed by atoms with Crippen LogP contribution >= 0.6 is 11.7 Å². The molecule has 0 aliphatic carbocycles. The summed E-state index contributed by atoms with van der Waals surface area (Å²) in [5.41, 5.74) is 0.302. The lowest BCUT2D eigenvalue weighted by Crippen LogP contribution is -2.25. The van der Waals surface area contributed by atoms with E-state index in [-0.39, 0.29) is 11.8 Å². The second-order valence-electron chi connectivity index (χ2n) is 3.43. The molecule has 0 saturated carbocycles. The molecule has 1 amide bonds. The Kier molecular flexibility index (Phi) is 4.84. The molecule has 2 N–H and O–H groups in total. The standard InChI is InChI=1S/C9H13N3O3S/c1-6(9(14)15)3-2-4-10-8(13)7-5-11-16-12-7/h5-6H,2-4H2,1H3,(H,10,13)(H,14,15). The van der Waals surface area contributed by atoms with Crippen LogP contribution in [0.25, 0.3) is 0 Å². The first-order chi connectivity index (χ1) is 7.61. The Morgan fingerprint density at radius 2 is 2.38 bits per heavy atom. The Hall–Kier alpha value is -1.50. The number of carbonyl (C=O) groups excluding carboxylic acids is 1. The van der Waals surface area contributed by atoms with Crippen LogP contribution in [0.2, 0.25) is 0 Å². The third-order valence-electron chi connectivity index (χ3n) is 2.11. The molecule has 0 aliphatic heterocycles. The van der Waals surface area contributed by atoms with Gasteiger partial charge >= 0.3 is 5.97 Å². The van der Waals surface area contributed by atoms with Crippen LogP contribution in [0.4, 0.5) is 0 Å². The zero-order valence-electron chi connectivity index (χ0n) is 8.84. The number of hydrogen-bond donors (Lipinski definition) is 2. The molecule has 0 aliphatic rings. The SMILES string of the molecule is CC(CCCNC(=O)c1cnsn1)C(=O)O. The van der Waals surface area contributed by atoms with Gasteiger partial charge in [-0.2, -0.15) is 8.75 Å². The Bertz CT molecular complexity index is 353. The van der Waals surface area contributed by atoms with E-state index in [0.717, 1.165) is 11.7 Å². The molecule has 6 nitrogen and oxygen atoms in total. The van der Waals surface area contributed by atoms with Gasteiger partial charge in [-0.1, -0.05) is 6.92 Å². The third-order valence-corrected chi connectivity index (χ3v) is 2.59. The van der Waals surface area contributed by atoms with E-state index in [9.17, 15) is 9.59 Å². The molecule has 1 heterocycles. The van der Waals surface area contributed by atoms with Crippen molar-refractivity contribution in [2.24, 2.45) is 5.92 Å². The number of carbonyl (C=O) groups is 2. The van der Waals surface area contributed by atoms with E-state index in [2.05, 4.69) is 14.1 Å².